The summed E-state index contributed by atoms with van der Waals surface area (Å²) in [6.07, 6.45) is 1.00. The molecule has 2 N–H and O–H groups in total. The summed E-state index contributed by atoms with van der Waals surface area (Å²) in [5.74, 6) is 0.435. The summed E-state index contributed by atoms with van der Waals surface area (Å²) in [5, 5.41) is 1.94. The molecule has 0 spiro atoms. The highest BCUT2D eigenvalue weighted by atomic mass is 32.1. The average molecular weight is 246 g/mol. The maximum Gasteiger partial charge on any atom is 0.114 e. The summed E-state index contributed by atoms with van der Waals surface area (Å²) in [6.45, 7) is 6.45. The van der Waals surface area contributed by atoms with Crippen LogP contribution in [0.1, 0.15) is 37.3 Å². The van der Waals surface area contributed by atoms with Gasteiger partial charge in [-0.1, -0.05) is 45.0 Å². The van der Waals surface area contributed by atoms with Crippen LogP contribution in [0.3, 0.4) is 0 Å². The van der Waals surface area contributed by atoms with Crippen molar-refractivity contribution in [1.29, 1.82) is 0 Å². The Balaban J connectivity index is 2.52. The molecule has 0 fully saturated rings. The van der Waals surface area contributed by atoms with Crippen molar-refractivity contribution in [2.45, 2.75) is 33.1 Å². The minimum atomic E-state index is 0.435. The van der Waals surface area contributed by atoms with Gasteiger partial charge in [0.25, 0.3) is 0 Å². The van der Waals surface area contributed by atoms with E-state index in [4.69, 9.17) is 5.73 Å². The van der Waals surface area contributed by atoms with Crippen molar-refractivity contribution in [2.75, 3.05) is 5.73 Å². The Morgan fingerprint density at radius 3 is 2.59 bits per heavy atom. The van der Waals surface area contributed by atoms with E-state index in [1.807, 2.05) is 6.07 Å². The van der Waals surface area contributed by atoms with E-state index in [0.29, 0.717) is 5.92 Å². The van der Waals surface area contributed by atoms with Crippen LogP contribution >= 0.6 is 11.3 Å². The topological polar surface area (TPSA) is 38.9 Å². The van der Waals surface area contributed by atoms with Gasteiger partial charge in [-0.05, 0) is 12.0 Å². The van der Waals surface area contributed by atoms with E-state index >= 15 is 0 Å². The third kappa shape index (κ3) is 2.34. The van der Waals surface area contributed by atoms with Crippen molar-refractivity contribution in [3.8, 4) is 11.3 Å². The van der Waals surface area contributed by atoms with Crippen molar-refractivity contribution in [3.05, 3.63) is 34.8 Å². The van der Waals surface area contributed by atoms with E-state index in [0.717, 1.165) is 22.1 Å². The fourth-order valence-electron chi connectivity index (χ4n) is 1.85. The minimum absolute atomic E-state index is 0.435. The number of nitrogen functional groups attached to an aromatic ring is 1. The first-order valence-corrected chi connectivity index (χ1v) is 6.79. The summed E-state index contributed by atoms with van der Waals surface area (Å²) in [4.78, 5) is 4.68. The molecular weight excluding hydrogens is 228 g/mol. The number of benzene rings is 1. The summed E-state index contributed by atoms with van der Waals surface area (Å²) in [7, 11) is 0. The van der Waals surface area contributed by atoms with Gasteiger partial charge in [0, 0.05) is 11.5 Å². The molecule has 1 heterocycles. The van der Waals surface area contributed by atoms with Gasteiger partial charge < -0.3 is 5.73 Å². The lowest BCUT2D eigenvalue weighted by Crippen LogP contribution is -1.92. The number of nitrogens with zero attached hydrogens (tertiary/aromatic N) is 1. The molecule has 0 atom stereocenters. The number of anilines is 1. The maximum atomic E-state index is 6.09. The normalized spacial score (nSPS) is 11.1. The van der Waals surface area contributed by atoms with Crippen molar-refractivity contribution < 1.29 is 0 Å². The Morgan fingerprint density at radius 1 is 1.29 bits per heavy atom. The summed E-state index contributed by atoms with van der Waals surface area (Å²) in [5.41, 5.74) is 9.53. The molecule has 0 aliphatic carbocycles. The van der Waals surface area contributed by atoms with Gasteiger partial charge in [-0.15, -0.1) is 11.3 Å². The zero-order valence-corrected chi connectivity index (χ0v) is 11.3. The number of hydrogen-bond acceptors (Lipinski definition) is 3. The summed E-state index contributed by atoms with van der Waals surface area (Å²) in [6, 6.07) is 8.36. The van der Waals surface area contributed by atoms with Crippen molar-refractivity contribution in [3.63, 3.8) is 0 Å². The molecule has 17 heavy (non-hydrogen) atoms. The van der Waals surface area contributed by atoms with E-state index in [2.05, 4.69) is 44.0 Å². The van der Waals surface area contributed by atoms with Gasteiger partial charge in [-0.3, -0.25) is 0 Å². The first-order valence-electron chi connectivity index (χ1n) is 5.98. The average Bonchev–Trinajstić information content (AvgIpc) is 2.71. The maximum absolute atomic E-state index is 6.09. The Hall–Kier alpha value is -1.35. The lowest BCUT2D eigenvalue weighted by Gasteiger charge is -2.05. The molecule has 2 nitrogen and oxygen atoms in total. The lowest BCUT2D eigenvalue weighted by molar-refractivity contribution is 0.853. The van der Waals surface area contributed by atoms with Crippen LogP contribution in [0.4, 0.5) is 5.00 Å². The van der Waals surface area contributed by atoms with Crippen LogP contribution in [-0.4, -0.2) is 4.98 Å². The van der Waals surface area contributed by atoms with Gasteiger partial charge in [0.1, 0.15) is 10.7 Å². The summed E-state index contributed by atoms with van der Waals surface area (Å²) >= 11 is 1.60. The molecule has 0 amide bonds. The van der Waals surface area contributed by atoms with Crippen LogP contribution < -0.4 is 5.73 Å². The SMILES string of the molecule is CCc1ccccc1-c1nc(C(C)C)sc1N. The largest absolute Gasteiger partial charge is 0.389 e. The molecule has 0 radical (unpaired) electrons. The lowest BCUT2D eigenvalue weighted by atomic mass is 10.0. The Kier molecular flexibility index (Phi) is 3.48. The van der Waals surface area contributed by atoms with Crippen LogP contribution in [-0.2, 0) is 6.42 Å². The Bertz CT molecular complexity index is 515. The van der Waals surface area contributed by atoms with E-state index < -0.39 is 0 Å². The zero-order chi connectivity index (χ0) is 12.4. The Morgan fingerprint density at radius 2 is 2.00 bits per heavy atom. The van der Waals surface area contributed by atoms with Crippen molar-refractivity contribution >= 4 is 16.3 Å². The quantitative estimate of drug-likeness (QED) is 0.886. The summed E-state index contributed by atoms with van der Waals surface area (Å²) < 4.78 is 0. The smallest absolute Gasteiger partial charge is 0.114 e. The molecule has 3 heteroatoms. The van der Waals surface area contributed by atoms with Gasteiger partial charge in [-0.2, -0.15) is 0 Å². The molecule has 1 aromatic carbocycles. The van der Waals surface area contributed by atoms with E-state index in [9.17, 15) is 0 Å². The second-order valence-electron chi connectivity index (χ2n) is 4.43. The highest BCUT2D eigenvalue weighted by Crippen LogP contribution is 2.35. The van der Waals surface area contributed by atoms with Gasteiger partial charge in [0.2, 0.25) is 0 Å². The molecule has 0 aliphatic rings. The van der Waals surface area contributed by atoms with E-state index in [1.165, 1.54) is 11.1 Å². The molecule has 0 aliphatic heterocycles. The molecule has 0 unspecified atom stereocenters. The third-order valence-corrected chi connectivity index (χ3v) is 4.00. The molecular formula is C14H18N2S. The molecule has 90 valence electrons. The number of rotatable bonds is 3. The Labute approximate surface area is 107 Å². The first kappa shape index (κ1) is 12.1. The van der Waals surface area contributed by atoms with Gasteiger partial charge in [-0.25, -0.2) is 4.98 Å². The predicted octanol–water partition coefficient (Wildman–Crippen LogP) is 4.08. The molecule has 0 bridgehead atoms. The first-order chi connectivity index (χ1) is 8.13. The third-order valence-electron chi connectivity index (χ3n) is 2.82. The number of thiazole rings is 1. The molecule has 2 rings (SSSR count). The van der Waals surface area contributed by atoms with Crippen LogP contribution in [0.5, 0.6) is 0 Å². The van der Waals surface area contributed by atoms with Crippen LogP contribution in [0.15, 0.2) is 24.3 Å². The van der Waals surface area contributed by atoms with Crippen LogP contribution in [0, 0.1) is 0 Å². The van der Waals surface area contributed by atoms with Gasteiger partial charge >= 0.3 is 0 Å². The minimum Gasteiger partial charge on any atom is -0.389 e. The van der Waals surface area contributed by atoms with E-state index in [1.54, 1.807) is 11.3 Å². The second kappa shape index (κ2) is 4.88. The monoisotopic (exact) mass is 246 g/mol. The standard InChI is InChI=1S/C14H18N2S/c1-4-10-7-5-6-8-11(10)12-13(15)17-14(16-12)9(2)3/h5-9H,4,15H2,1-3H3. The highest BCUT2D eigenvalue weighted by Gasteiger charge is 2.14. The number of hydrogen-bond donors (Lipinski definition) is 1. The molecule has 0 saturated heterocycles. The van der Waals surface area contributed by atoms with E-state index in [-0.39, 0.29) is 0 Å². The van der Waals surface area contributed by atoms with Crippen molar-refractivity contribution in [2.24, 2.45) is 0 Å². The molecule has 1 aromatic heterocycles. The molecule has 0 saturated carbocycles. The zero-order valence-electron chi connectivity index (χ0n) is 10.5. The highest BCUT2D eigenvalue weighted by molar-refractivity contribution is 7.16. The number of aromatic nitrogens is 1. The van der Waals surface area contributed by atoms with Crippen LogP contribution in [0.25, 0.3) is 11.3 Å². The van der Waals surface area contributed by atoms with Gasteiger partial charge in [0.05, 0.1) is 5.01 Å². The fourth-order valence-corrected chi connectivity index (χ4v) is 2.70. The second-order valence-corrected chi connectivity index (χ2v) is 5.49. The van der Waals surface area contributed by atoms with Gasteiger partial charge in [0.15, 0.2) is 0 Å². The predicted molar refractivity (Wildman–Crippen MR) is 75.4 cm³/mol. The molecule has 2 aromatic rings. The van der Waals surface area contributed by atoms with Crippen LogP contribution in [0.2, 0.25) is 0 Å². The van der Waals surface area contributed by atoms with Crippen molar-refractivity contribution in [1.82, 2.24) is 4.98 Å². The number of nitrogens with two attached hydrogens (primary N) is 1. The fraction of sp³-hybridized carbons (Fsp3) is 0.357. The number of aryl methyl sites for hydroxylation is 1.